The first-order chi connectivity index (χ1) is 12.0. The van der Waals surface area contributed by atoms with Gasteiger partial charge in [-0.15, -0.1) is 0 Å². The second-order valence-corrected chi connectivity index (χ2v) is 9.78. The summed E-state index contributed by atoms with van der Waals surface area (Å²) < 4.78 is 56.8. The predicted octanol–water partition coefficient (Wildman–Crippen LogP) is 0.731. The van der Waals surface area contributed by atoms with E-state index < -0.39 is 26.5 Å². The number of hydrogen-bond acceptors (Lipinski definition) is 4. The molecular weight excluding hydrogens is 376 g/mol. The van der Waals surface area contributed by atoms with Gasteiger partial charge in [0.25, 0.3) is 20.4 Å². The topological polar surface area (TPSA) is 98.8 Å². The zero-order valence-corrected chi connectivity index (χ0v) is 17.6. The van der Waals surface area contributed by atoms with Crippen LogP contribution in [-0.2, 0) is 20.4 Å². The van der Waals surface area contributed by atoms with Crippen molar-refractivity contribution in [1.82, 2.24) is 18.1 Å². The van der Waals surface area contributed by atoms with Gasteiger partial charge in [0, 0.05) is 39.8 Å². The van der Waals surface area contributed by atoms with Crippen LogP contribution in [0.3, 0.4) is 0 Å². The maximum atomic E-state index is 12.4. The molecule has 0 unspecified atom stereocenters. The number of rotatable bonds is 11. The van der Waals surface area contributed by atoms with Gasteiger partial charge in [-0.05, 0) is 11.5 Å². The van der Waals surface area contributed by atoms with Gasteiger partial charge in [0.15, 0.2) is 0 Å². The molecule has 2 N–H and O–H groups in total. The molecular formula is C16H30N4O4S2. The third-order valence-electron chi connectivity index (χ3n) is 4.43. The molecule has 0 saturated carbocycles. The van der Waals surface area contributed by atoms with Crippen LogP contribution in [0.1, 0.15) is 32.3 Å². The van der Waals surface area contributed by atoms with Gasteiger partial charge in [-0.1, -0.05) is 51.1 Å². The van der Waals surface area contributed by atoms with Crippen molar-refractivity contribution in [3.63, 3.8) is 0 Å². The van der Waals surface area contributed by atoms with E-state index in [1.54, 1.807) is 13.8 Å². The van der Waals surface area contributed by atoms with Crippen molar-refractivity contribution in [2.24, 2.45) is 0 Å². The van der Waals surface area contributed by atoms with Crippen LogP contribution in [0.15, 0.2) is 30.3 Å². The first-order valence-electron chi connectivity index (χ1n) is 8.54. The van der Waals surface area contributed by atoms with E-state index in [1.807, 2.05) is 37.3 Å². The Morgan fingerprint density at radius 2 is 1.42 bits per heavy atom. The van der Waals surface area contributed by atoms with E-state index in [9.17, 15) is 16.8 Å². The van der Waals surface area contributed by atoms with Crippen LogP contribution in [0, 0.1) is 0 Å². The van der Waals surface area contributed by atoms with Crippen molar-refractivity contribution in [3.8, 4) is 0 Å². The van der Waals surface area contributed by atoms with Crippen LogP contribution in [-0.4, -0.2) is 65.2 Å². The Hall–Kier alpha value is -1.04. The molecule has 8 nitrogen and oxygen atoms in total. The Bertz CT molecular complexity index is 754. The van der Waals surface area contributed by atoms with Crippen LogP contribution >= 0.6 is 0 Å². The molecule has 0 aromatic heterocycles. The standard InChI is InChI=1S/C16H30N4O4S2/c1-6-19(4)25(21,22)17-13-16(18-26(23,24)20(5)7-2)14(3)15-11-9-8-10-12-15/h8-12,14,16-18H,6-7,13H2,1-5H3/t14-,16+/m1/s1. The van der Waals surface area contributed by atoms with Crippen molar-refractivity contribution < 1.29 is 16.8 Å². The van der Waals surface area contributed by atoms with E-state index in [2.05, 4.69) is 9.44 Å². The van der Waals surface area contributed by atoms with Gasteiger partial charge >= 0.3 is 0 Å². The molecule has 0 saturated heterocycles. The fourth-order valence-electron chi connectivity index (χ4n) is 2.24. The van der Waals surface area contributed by atoms with Gasteiger partial charge in [0.1, 0.15) is 0 Å². The third kappa shape index (κ3) is 6.29. The summed E-state index contributed by atoms with van der Waals surface area (Å²) in [5.41, 5.74) is 0.919. The average molecular weight is 407 g/mol. The molecule has 10 heteroatoms. The Kier molecular flexibility index (Phi) is 8.64. The highest BCUT2D eigenvalue weighted by molar-refractivity contribution is 7.87. The average Bonchev–Trinajstić information content (AvgIpc) is 2.63. The molecule has 0 aliphatic carbocycles. The third-order valence-corrected chi connectivity index (χ3v) is 7.72. The van der Waals surface area contributed by atoms with Crippen LogP contribution < -0.4 is 9.44 Å². The molecule has 2 atom stereocenters. The summed E-state index contributed by atoms with van der Waals surface area (Å²) in [6, 6.07) is 8.75. The molecule has 0 aliphatic rings. The largest absolute Gasteiger partial charge is 0.279 e. The SMILES string of the molecule is CCN(C)S(=O)(=O)NC[C@H](NS(=O)(=O)N(C)CC)[C@H](C)c1ccccc1. The monoisotopic (exact) mass is 406 g/mol. The Morgan fingerprint density at radius 1 is 0.923 bits per heavy atom. The number of nitrogens with one attached hydrogen (secondary N) is 2. The van der Waals surface area contributed by atoms with Gasteiger partial charge < -0.3 is 0 Å². The number of benzene rings is 1. The molecule has 0 heterocycles. The molecule has 0 spiro atoms. The Morgan fingerprint density at radius 3 is 1.92 bits per heavy atom. The molecule has 1 aromatic carbocycles. The fourth-order valence-corrected chi connectivity index (χ4v) is 4.38. The summed E-state index contributed by atoms with van der Waals surface area (Å²) in [7, 11) is -4.45. The zero-order chi connectivity index (χ0) is 20.0. The molecule has 0 bridgehead atoms. The summed E-state index contributed by atoms with van der Waals surface area (Å²) in [5, 5.41) is 0. The van der Waals surface area contributed by atoms with Crippen LogP contribution in [0.2, 0.25) is 0 Å². The van der Waals surface area contributed by atoms with E-state index in [4.69, 9.17) is 0 Å². The lowest BCUT2D eigenvalue weighted by Crippen LogP contribution is -2.51. The lowest BCUT2D eigenvalue weighted by molar-refractivity contribution is 0.430. The molecule has 1 aromatic rings. The molecule has 0 aliphatic heterocycles. The van der Waals surface area contributed by atoms with Crippen LogP contribution in [0.25, 0.3) is 0 Å². The number of nitrogens with zero attached hydrogens (tertiary/aromatic N) is 2. The fraction of sp³-hybridized carbons (Fsp3) is 0.625. The second-order valence-electron chi connectivity index (χ2n) is 6.11. The summed E-state index contributed by atoms with van der Waals surface area (Å²) in [6.45, 7) is 5.90. The highest BCUT2D eigenvalue weighted by Crippen LogP contribution is 2.20. The lowest BCUT2D eigenvalue weighted by atomic mass is 9.94. The van der Waals surface area contributed by atoms with E-state index >= 15 is 0 Å². The maximum Gasteiger partial charge on any atom is 0.279 e. The highest BCUT2D eigenvalue weighted by atomic mass is 32.2. The van der Waals surface area contributed by atoms with Gasteiger partial charge in [0.2, 0.25) is 0 Å². The predicted molar refractivity (Wildman–Crippen MR) is 104 cm³/mol. The molecule has 0 amide bonds. The zero-order valence-electron chi connectivity index (χ0n) is 16.0. The van der Waals surface area contributed by atoms with E-state index in [1.165, 1.54) is 22.7 Å². The lowest BCUT2D eigenvalue weighted by Gasteiger charge is -2.28. The first kappa shape index (κ1) is 23.0. The van der Waals surface area contributed by atoms with E-state index in [0.717, 1.165) is 5.56 Å². The number of hydrogen-bond donors (Lipinski definition) is 2. The summed E-state index contributed by atoms with van der Waals surface area (Å²) >= 11 is 0. The maximum absolute atomic E-state index is 12.4. The quantitative estimate of drug-likeness (QED) is 0.566. The van der Waals surface area contributed by atoms with Crippen LogP contribution in [0.4, 0.5) is 0 Å². The minimum absolute atomic E-state index is 0.0560. The van der Waals surface area contributed by atoms with Crippen molar-refractivity contribution in [3.05, 3.63) is 35.9 Å². The minimum Gasteiger partial charge on any atom is -0.201 e. The second kappa shape index (κ2) is 9.77. The van der Waals surface area contributed by atoms with Gasteiger partial charge in [-0.2, -0.15) is 30.2 Å². The Balaban J connectivity index is 3.06. The molecule has 1 rings (SSSR count). The molecule has 26 heavy (non-hydrogen) atoms. The van der Waals surface area contributed by atoms with Crippen molar-refractivity contribution in [2.45, 2.75) is 32.7 Å². The molecule has 0 fully saturated rings. The van der Waals surface area contributed by atoms with Gasteiger partial charge in [-0.25, -0.2) is 4.72 Å². The summed E-state index contributed by atoms with van der Waals surface area (Å²) in [5.74, 6) is -0.231. The first-order valence-corrected chi connectivity index (χ1v) is 11.4. The minimum atomic E-state index is -3.72. The van der Waals surface area contributed by atoms with E-state index in [-0.39, 0.29) is 12.5 Å². The van der Waals surface area contributed by atoms with Crippen LogP contribution in [0.5, 0.6) is 0 Å². The Labute approximate surface area is 157 Å². The summed E-state index contributed by atoms with van der Waals surface area (Å²) in [4.78, 5) is 0. The van der Waals surface area contributed by atoms with Crippen molar-refractivity contribution >= 4 is 20.4 Å². The smallest absolute Gasteiger partial charge is 0.201 e. The van der Waals surface area contributed by atoms with Gasteiger partial charge in [-0.3, -0.25) is 0 Å². The normalized spacial score (nSPS) is 15.3. The molecule has 150 valence electrons. The molecule has 0 radical (unpaired) electrons. The summed E-state index contributed by atoms with van der Waals surface area (Å²) in [6.07, 6.45) is 0. The van der Waals surface area contributed by atoms with Crippen molar-refractivity contribution in [2.75, 3.05) is 33.7 Å². The van der Waals surface area contributed by atoms with Gasteiger partial charge in [0.05, 0.1) is 0 Å². The highest BCUT2D eigenvalue weighted by Gasteiger charge is 2.28. The van der Waals surface area contributed by atoms with E-state index in [0.29, 0.717) is 13.1 Å². The van der Waals surface area contributed by atoms with Crippen molar-refractivity contribution in [1.29, 1.82) is 0 Å².